The molecule has 0 rings (SSSR count). The largest absolute Gasteiger partial charge is 0.466 e. The van der Waals surface area contributed by atoms with Gasteiger partial charge in [0.05, 0.1) is 13.0 Å². The van der Waals surface area contributed by atoms with E-state index in [9.17, 15) is 4.79 Å². The van der Waals surface area contributed by atoms with Crippen molar-refractivity contribution < 1.29 is 9.53 Å². The normalized spacial score (nSPS) is 10.9. The van der Waals surface area contributed by atoms with E-state index in [1.54, 1.807) is 0 Å². The molecule has 0 bridgehead atoms. The number of ether oxygens (including phenoxy) is 1. The zero-order valence-corrected chi connectivity index (χ0v) is 16.5. The van der Waals surface area contributed by atoms with Gasteiger partial charge < -0.3 is 10.1 Å². The molecule has 0 radical (unpaired) electrons. The standard InChI is InChI=1S/C21H43NO2/c1-3-5-7-9-10-11-12-13-14-16-20-24-21(23)17-19-22-18-15-8-6-4-2/h22H,3-20H2,1-2H3. The summed E-state index contributed by atoms with van der Waals surface area (Å²) in [5.74, 6) is -0.0491. The van der Waals surface area contributed by atoms with Crippen LogP contribution in [0.25, 0.3) is 0 Å². The minimum absolute atomic E-state index is 0.0491. The van der Waals surface area contributed by atoms with Gasteiger partial charge >= 0.3 is 5.97 Å². The van der Waals surface area contributed by atoms with Crippen molar-refractivity contribution in [3.05, 3.63) is 0 Å². The van der Waals surface area contributed by atoms with Crippen molar-refractivity contribution >= 4 is 5.97 Å². The van der Waals surface area contributed by atoms with Gasteiger partial charge in [0, 0.05) is 6.54 Å². The molecule has 0 fully saturated rings. The van der Waals surface area contributed by atoms with Crippen LogP contribution in [0.3, 0.4) is 0 Å². The summed E-state index contributed by atoms with van der Waals surface area (Å²) in [4.78, 5) is 11.6. The third-order valence-corrected chi connectivity index (χ3v) is 4.47. The van der Waals surface area contributed by atoms with E-state index in [1.165, 1.54) is 83.5 Å². The van der Waals surface area contributed by atoms with Gasteiger partial charge in [0.2, 0.25) is 0 Å². The molecule has 0 heterocycles. The monoisotopic (exact) mass is 341 g/mol. The Bertz CT molecular complexity index is 256. The number of hydrogen-bond acceptors (Lipinski definition) is 3. The van der Waals surface area contributed by atoms with Gasteiger partial charge in [-0.05, 0) is 19.4 Å². The lowest BCUT2D eigenvalue weighted by Gasteiger charge is -2.06. The Hall–Kier alpha value is -0.570. The minimum atomic E-state index is -0.0491. The molecule has 0 aliphatic rings. The van der Waals surface area contributed by atoms with Gasteiger partial charge in [0.25, 0.3) is 0 Å². The average molecular weight is 342 g/mol. The summed E-state index contributed by atoms with van der Waals surface area (Å²) in [5.41, 5.74) is 0. The maximum atomic E-state index is 11.6. The van der Waals surface area contributed by atoms with E-state index in [4.69, 9.17) is 4.74 Å². The second-order valence-electron chi connectivity index (χ2n) is 6.96. The molecule has 0 aromatic rings. The second kappa shape index (κ2) is 20.5. The Morgan fingerprint density at radius 1 is 0.667 bits per heavy atom. The zero-order valence-electron chi connectivity index (χ0n) is 16.5. The minimum Gasteiger partial charge on any atom is -0.466 e. The lowest BCUT2D eigenvalue weighted by molar-refractivity contribution is -0.143. The summed E-state index contributed by atoms with van der Waals surface area (Å²) in [7, 11) is 0. The van der Waals surface area contributed by atoms with Crippen LogP contribution in [0.4, 0.5) is 0 Å². The van der Waals surface area contributed by atoms with Gasteiger partial charge in [-0.3, -0.25) is 4.79 Å². The molecule has 1 N–H and O–H groups in total. The topological polar surface area (TPSA) is 38.3 Å². The fourth-order valence-electron chi connectivity index (χ4n) is 2.84. The lowest BCUT2D eigenvalue weighted by atomic mass is 10.1. The molecule has 24 heavy (non-hydrogen) atoms. The lowest BCUT2D eigenvalue weighted by Crippen LogP contribution is -2.20. The predicted octanol–water partition coefficient (Wildman–Crippen LogP) is 6.01. The van der Waals surface area contributed by atoms with E-state index >= 15 is 0 Å². The van der Waals surface area contributed by atoms with Crippen molar-refractivity contribution in [2.45, 2.75) is 110 Å². The predicted molar refractivity (Wildman–Crippen MR) is 104 cm³/mol. The second-order valence-corrected chi connectivity index (χ2v) is 6.96. The molecule has 0 spiro atoms. The molecular formula is C21H43NO2. The molecule has 0 amide bonds. The first-order chi connectivity index (χ1) is 11.8. The Morgan fingerprint density at radius 2 is 1.17 bits per heavy atom. The van der Waals surface area contributed by atoms with E-state index in [1.807, 2.05) is 0 Å². The molecule has 3 nitrogen and oxygen atoms in total. The van der Waals surface area contributed by atoms with Crippen LogP contribution in [-0.2, 0) is 9.53 Å². The van der Waals surface area contributed by atoms with Gasteiger partial charge in [-0.15, -0.1) is 0 Å². The number of esters is 1. The molecule has 144 valence electrons. The van der Waals surface area contributed by atoms with Crippen LogP contribution in [0, 0.1) is 0 Å². The van der Waals surface area contributed by atoms with Gasteiger partial charge in [-0.1, -0.05) is 90.9 Å². The molecule has 0 aliphatic carbocycles. The van der Waals surface area contributed by atoms with Gasteiger partial charge in [0.1, 0.15) is 0 Å². The molecule has 0 aromatic heterocycles. The van der Waals surface area contributed by atoms with Gasteiger partial charge in [-0.25, -0.2) is 0 Å². The van der Waals surface area contributed by atoms with Crippen LogP contribution >= 0.6 is 0 Å². The molecule has 0 aliphatic heterocycles. The number of nitrogens with one attached hydrogen (secondary N) is 1. The van der Waals surface area contributed by atoms with Crippen molar-refractivity contribution in [3.8, 4) is 0 Å². The molecule has 0 atom stereocenters. The third kappa shape index (κ3) is 19.5. The first-order valence-corrected chi connectivity index (χ1v) is 10.7. The van der Waals surface area contributed by atoms with E-state index in [0.717, 1.165) is 19.5 Å². The van der Waals surface area contributed by atoms with Gasteiger partial charge in [-0.2, -0.15) is 0 Å². The van der Waals surface area contributed by atoms with Crippen LogP contribution in [0.2, 0.25) is 0 Å². The summed E-state index contributed by atoms with van der Waals surface area (Å²) in [6, 6.07) is 0. The highest BCUT2D eigenvalue weighted by Crippen LogP contribution is 2.10. The summed E-state index contributed by atoms with van der Waals surface area (Å²) in [6.45, 7) is 6.86. The fraction of sp³-hybridized carbons (Fsp3) is 0.952. The van der Waals surface area contributed by atoms with Crippen molar-refractivity contribution in [2.24, 2.45) is 0 Å². The maximum absolute atomic E-state index is 11.6. The van der Waals surface area contributed by atoms with Crippen molar-refractivity contribution in [3.63, 3.8) is 0 Å². The Kier molecular flexibility index (Phi) is 20.0. The van der Waals surface area contributed by atoms with Crippen LogP contribution in [0.15, 0.2) is 0 Å². The maximum Gasteiger partial charge on any atom is 0.307 e. The zero-order chi connectivity index (χ0) is 17.7. The summed E-state index contributed by atoms with van der Waals surface area (Å²) >= 11 is 0. The summed E-state index contributed by atoms with van der Waals surface area (Å²) in [6.07, 6.45) is 18.7. The third-order valence-electron chi connectivity index (χ3n) is 4.47. The number of hydrogen-bond donors (Lipinski definition) is 1. The van der Waals surface area contributed by atoms with Crippen LogP contribution < -0.4 is 5.32 Å². The molecule has 0 aromatic carbocycles. The van der Waals surface area contributed by atoms with E-state index < -0.39 is 0 Å². The Morgan fingerprint density at radius 3 is 1.75 bits per heavy atom. The van der Waals surface area contributed by atoms with Crippen LogP contribution in [0.5, 0.6) is 0 Å². The highest BCUT2D eigenvalue weighted by molar-refractivity contribution is 5.69. The summed E-state index contributed by atoms with van der Waals surface area (Å²) in [5, 5.41) is 3.32. The number of unbranched alkanes of at least 4 members (excludes halogenated alkanes) is 12. The average Bonchev–Trinajstić information content (AvgIpc) is 2.59. The van der Waals surface area contributed by atoms with E-state index in [-0.39, 0.29) is 5.97 Å². The molecule has 0 saturated carbocycles. The molecular weight excluding hydrogens is 298 g/mol. The quantitative estimate of drug-likeness (QED) is 0.231. The van der Waals surface area contributed by atoms with Crippen molar-refractivity contribution in [1.82, 2.24) is 5.32 Å². The highest BCUT2D eigenvalue weighted by Gasteiger charge is 2.02. The highest BCUT2D eigenvalue weighted by atomic mass is 16.5. The Labute approximate surface area is 151 Å². The van der Waals surface area contributed by atoms with Crippen molar-refractivity contribution in [2.75, 3.05) is 19.7 Å². The van der Waals surface area contributed by atoms with E-state index in [2.05, 4.69) is 19.2 Å². The fourth-order valence-corrected chi connectivity index (χ4v) is 2.84. The molecule has 0 unspecified atom stereocenters. The molecule has 0 saturated heterocycles. The Balaban J connectivity index is 3.12. The molecule has 3 heteroatoms. The number of rotatable bonds is 19. The van der Waals surface area contributed by atoms with Crippen LogP contribution in [0.1, 0.15) is 110 Å². The smallest absolute Gasteiger partial charge is 0.307 e. The summed E-state index contributed by atoms with van der Waals surface area (Å²) < 4.78 is 5.28. The SMILES string of the molecule is CCCCCCCCCCCCOC(=O)CCNCCCCCC. The first-order valence-electron chi connectivity index (χ1n) is 10.7. The van der Waals surface area contributed by atoms with E-state index in [0.29, 0.717) is 13.0 Å². The number of carbonyl (C=O) groups is 1. The number of carbonyl (C=O) groups excluding carboxylic acids is 1. The first kappa shape index (κ1) is 23.4. The van der Waals surface area contributed by atoms with Gasteiger partial charge in [0.15, 0.2) is 0 Å². The van der Waals surface area contributed by atoms with Crippen LogP contribution in [-0.4, -0.2) is 25.7 Å². The van der Waals surface area contributed by atoms with Crippen molar-refractivity contribution in [1.29, 1.82) is 0 Å².